The summed E-state index contributed by atoms with van der Waals surface area (Å²) in [5.41, 5.74) is 3.18. The number of nitrogens with zero attached hydrogens (tertiary/aromatic N) is 2. The maximum absolute atomic E-state index is 6.37. The van der Waals surface area contributed by atoms with Crippen LogP contribution in [0.1, 0.15) is 18.1 Å². The highest BCUT2D eigenvalue weighted by Gasteiger charge is 2.15. The van der Waals surface area contributed by atoms with E-state index in [0.717, 1.165) is 44.3 Å². The minimum atomic E-state index is 0.691. The number of fused-ring (bicyclic) bond motifs is 1. The molecule has 0 fully saturated rings. The van der Waals surface area contributed by atoms with Crippen molar-refractivity contribution in [1.29, 1.82) is 0 Å². The summed E-state index contributed by atoms with van der Waals surface area (Å²) < 4.78 is 0. The van der Waals surface area contributed by atoms with Crippen molar-refractivity contribution in [1.82, 2.24) is 9.97 Å². The Labute approximate surface area is 133 Å². The first-order valence-electron chi connectivity index (χ1n) is 6.87. The number of para-hydroxylation sites is 1. The molecule has 0 aliphatic heterocycles. The third kappa shape index (κ3) is 2.49. The maximum atomic E-state index is 6.37. The highest BCUT2D eigenvalue weighted by Crippen LogP contribution is 2.36. The fraction of sp³-hybridized carbons (Fsp3) is 0.250. The van der Waals surface area contributed by atoms with E-state index in [1.54, 1.807) is 11.3 Å². The zero-order valence-corrected chi connectivity index (χ0v) is 13.8. The van der Waals surface area contributed by atoms with E-state index in [1.165, 1.54) is 0 Å². The summed E-state index contributed by atoms with van der Waals surface area (Å²) in [4.78, 5) is 10.3. The van der Waals surface area contributed by atoms with E-state index in [-0.39, 0.29) is 0 Å². The minimum absolute atomic E-state index is 0.691. The zero-order valence-electron chi connectivity index (χ0n) is 12.2. The molecular formula is C16H16ClN3S. The number of hydrogen-bond donors (Lipinski definition) is 1. The van der Waals surface area contributed by atoms with E-state index in [2.05, 4.69) is 30.2 Å². The molecule has 21 heavy (non-hydrogen) atoms. The van der Waals surface area contributed by atoms with Gasteiger partial charge < -0.3 is 5.32 Å². The van der Waals surface area contributed by atoms with Crippen LogP contribution in [0.3, 0.4) is 0 Å². The second kappa shape index (κ2) is 5.62. The van der Waals surface area contributed by atoms with E-state index in [0.29, 0.717) is 5.82 Å². The van der Waals surface area contributed by atoms with Gasteiger partial charge in [0, 0.05) is 11.9 Å². The lowest BCUT2D eigenvalue weighted by Gasteiger charge is -2.10. The smallest absolute Gasteiger partial charge is 0.173 e. The van der Waals surface area contributed by atoms with Gasteiger partial charge in [0.2, 0.25) is 0 Å². The molecule has 0 spiro atoms. The molecule has 5 heteroatoms. The van der Waals surface area contributed by atoms with Crippen molar-refractivity contribution in [2.75, 3.05) is 11.9 Å². The SMILES string of the molecule is CCNc1nc(-c2scc(C)c2Cl)nc2c(C)cccc12. The summed E-state index contributed by atoms with van der Waals surface area (Å²) in [5, 5.41) is 7.15. The largest absolute Gasteiger partial charge is 0.370 e. The molecule has 0 aliphatic rings. The van der Waals surface area contributed by atoms with E-state index in [4.69, 9.17) is 16.6 Å². The van der Waals surface area contributed by atoms with E-state index in [9.17, 15) is 0 Å². The normalized spacial score (nSPS) is 11.0. The summed E-state index contributed by atoms with van der Waals surface area (Å²) in [6.07, 6.45) is 0. The van der Waals surface area contributed by atoms with Crippen LogP contribution < -0.4 is 5.32 Å². The molecule has 2 heterocycles. The van der Waals surface area contributed by atoms with Crippen LogP contribution in [0.5, 0.6) is 0 Å². The van der Waals surface area contributed by atoms with Gasteiger partial charge in [0.05, 0.1) is 15.4 Å². The van der Waals surface area contributed by atoms with Gasteiger partial charge in [0.25, 0.3) is 0 Å². The van der Waals surface area contributed by atoms with Crippen molar-refractivity contribution in [2.24, 2.45) is 0 Å². The van der Waals surface area contributed by atoms with Crippen LogP contribution >= 0.6 is 22.9 Å². The topological polar surface area (TPSA) is 37.8 Å². The highest BCUT2D eigenvalue weighted by atomic mass is 35.5. The molecule has 3 rings (SSSR count). The van der Waals surface area contributed by atoms with Gasteiger partial charge in [-0.05, 0) is 43.3 Å². The predicted molar refractivity (Wildman–Crippen MR) is 91.5 cm³/mol. The predicted octanol–water partition coefficient (Wildman–Crippen LogP) is 5.06. The van der Waals surface area contributed by atoms with Gasteiger partial charge in [-0.3, -0.25) is 0 Å². The Hall–Kier alpha value is -1.65. The number of aromatic nitrogens is 2. The Morgan fingerprint density at radius 2 is 2.00 bits per heavy atom. The summed E-state index contributed by atoms with van der Waals surface area (Å²) in [6.45, 7) is 6.94. The van der Waals surface area contributed by atoms with Gasteiger partial charge in [-0.1, -0.05) is 23.7 Å². The maximum Gasteiger partial charge on any atom is 0.173 e. The van der Waals surface area contributed by atoms with Crippen molar-refractivity contribution < 1.29 is 0 Å². The molecule has 1 N–H and O–H groups in total. The lowest BCUT2D eigenvalue weighted by Crippen LogP contribution is -2.03. The average molecular weight is 318 g/mol. The van der Waals surface area contributed by atoms with Crippen molar-refractivity contribution in [3.63, 3.8) is 0 Å². The minimum Gasteiger partial charge on any atom is -0.370 e. The van der Waals surface area contributed by atoms with Crippen LogP contribution in [0.15, 0.2) is 23.6 Å². The van der Waals surface area contributed by atoms with Gasteiger partial charge in [0.1, 0.15) is 5.82 Å². The first kappa shape index (κ1) is 14.3. The lowest BCUT2D eigenvalue weighted by atomic mass is 10.1. The standard InChI is InChI=1S/C16H16ClN3S/c1-4-18-15-11-7-5-6-9(2)13(11)19-16(20-15)14-12(17)10(3)8-21-14/h5-8H,4H2,1-3H3,(H,18,19,20). The van der Waals surface area contributed by atoms with Crippen LogP contribution in [0.2, 0.25) is 5.02 Å². The van der Waals surface area contributed by atoms with Crippen LogP contribution in [-0.4, -0.2) is 16.5 Å². The molecule has 3 nitrogen and oxygen atoms in total. The van der Waals surface area contributed by atoms with Crippen LogP contribution in [-0.2, 0) is 0 Å². The Bertz CT molecular complexity index is 811. The number of thiophene rings is 1. The van der Waals surface area contributed by atoms with Crippen molar-refractivity contribution in [3.8, 4) is 10.7 Å². The molecular weight excluding hydrogens is 302 g/mol. The molecule has 0 saturated carbocycles. The molecule has 0 aliphatic carbocycles. The van der Waals surface area contributed by atoms with E-state index in [1.807, 2.05) is 24.4 Å². The molecule has 0 radical (unpaired) electrons. The third-order valence-electron chi connectivity index (χ3n) is 3.37. The Kier molecular flexibility index (Phi) is 3.83. The third-order valence-corrected chi connectivity index (χ3v) is 5.07. The second-order valence-electron chi connectivity index (χ2n) is 4.96. The Balaban J connectivity index is 2.29. The van der Waals surface area contributed by atoms with E-state index < -0.39 is 0 Å². The monoisotopic (exact) mass is 317 g/mol. The van der Waals surface area contributed by atoms with Crippen LogP contribution in [0.25, 0.3) is 21.6 Å². The van der Waals surface area contributed by atoms with Gasteiger partial charge in [-0.2, -0.15) is 0 Å². The fourth-order valence-corrected chi connectivity index (χ4v) is 3.49. The summed E-state index contributed by atoms with van der Waals surface area (Å²) in [5.74, 6) is 1.55. The van der Waals surface area contributed by atoms with Crippen molar-refractivity contribution in [2.45, 2.75) is 20.8 Å². The first-order valence-corrected chi connectivity index (χ1v) is 8.12. The first-order chi connectivity index (χ1) is 10.1. The molecule has 108 valence electrons. The van der Waals surface area contributed by atoms with Gasteiger partial charge in [0.15, 0.2) is 5.82 Å². The molecule has 2 aromatic heterocycles. The zero-order chi connectivity index (χ0) is 15.0. The molecule has 0 unspecified atom stereocenters. The van der Waals surface area contributed by atoms with Crippen molar-refractivity contribution >= 4 is 39.7 Å². The summed E-state index contributed by atoms with van der Waals surface area (Å²) in [6, 6.07) is 6.14. The lowest BCUT2D eigenvalue weighted by molar-refractivity contribution is 1.15. The summed E-state index contributed by atoms with van der Waals surface area (Å²) >= 11 is 7.96. The number of rotatable bonds is 3. The number of nitrogens with one attached hydrogen (secondary N) is 1. The number of anilines is 1. The molecule has 0 saturated heterocycles. The number of aryl methyl sites for hydroxylation is 2. The molecule has 0 bridgehead atoms. The van der Waals surface area contributed by atoms with Gasteiger partial charge >= 0.3 is 0 Å². The molecule has 3 aromatic rings. The van der Waals surface area contributed by atoms with Crippen LogP contribution in [0.4, 0.5) is 5.82 Å². The average Bonchev–Trinajstić information content (AvgIpc) is 2.80. The molecule has 1 aromatic carbocycles. The number of hydrogen-bond acceptors (Lipinski definition) is 4. The molecule has 0 amide bonds. The fourth-order valence-electron chi connectivity index (χ4n) is 2.28. The molecule has 0 atom stereocenters. The Morgan fingerprint density at radius 1 is 1.19 bits per heavy atom. The number of halogens is 1. The van der Waals surface area contributed by atoms with Crippen molar-refractivity contribution in [3.05, 3.63) is 39.7 Å². The highest BCUT2D eigenvalue weighted by molar-refractivity contribution is 7.14. The van der Waals surface area contributed by atoms with Gasteiger partial charge in [-0.25, -0.2) is 9.97 Å². The quantitative estimate of drug-likeness (QED) is 0.733. The number of benzene rings is 1. The second-order valence-corrected chi connectivity index (χ2v) is 6.22. The summed E-state index contributed by atoms with van der Waals surface area (Å²) in [7, 11) is 0. The van der Waals surface area contributed by atoms with Crippen LogP contribution in [0, 0.1) is 13.8 Å². The Morgan fingerprint density at radius 3 is 2.67 bits per heavy atom. The van der Waals surface area contributed by atoms with Gasteiger partial charge in [-0.15, -0.1) is 11.3 Å². The van der Waals surface area contributed by atoms with E-state index >= 15 is 0 Å².